The van der Waals surface area contributed by atoms with Crippen molar-refractivity contribution in [2.75, 3.05) is 5.32 Å². The SMILES string of the molecule is CCc1oc2ccccc2c1C1CC(=O)Nc2c1c(C)nn2CC(=O)O. The van der Waals surface area contributed by atoms with Gasteiger partial charge in [-0.1, -0.05) is 25.1 Å². The minimum absolute atomic E-state index is 0.152. The second kappa shape index (κ2) is 6.01. The van der Waals surface area contributed by atoms with Crippen LogP contribution in [0, 0.1) is 6.92 Å². The number of fused-ring (bicyclic) bond motifs is 2. The van der Waals surface area contributed by atoms with Crippen LogP contribution in [0.1, 0.15) is 41.8 Å². The van der Waals surface area contributed by atoms with E-state index in [-0.39, 0.29) is 24.8 Å². The van der Waals surface area contributed by atoms with Gasteiger partial charge in [0.25, 0.3) is 0 Å². The molecule has 3 heterocycles. The average Bonchev–Trinajstić information content (AvgIpc) is 3.11. The summed E-state index contributed by atoms with van der Waals surface area (Å²) < 4.78 is 7.36. The van der Waals surface area contributed by atoms with Crippen LogP contribution in [0.15, 0.2) is 28.7 Å². The van der Waals surface area contributed by atoms with E-state index in [4.69, 9.17) is 9.52 Å². The van der Waals surface area contributed by atoms with E-state index in [2.05, 4.69) is 10.4 Å². The molecule has 0 radical (unpaired) electrons. The third-order valence-electron chi connectivity index (χ3n) is 4.83. The summed E-state index contributed by atoms with van der Waals surface area (Å²) in [7, 11) is 0. The van der Waals surface area contributed by atoms with Gasteiger partial charge in [-0.15, -0.1) is 0 Å². The maximum atomic E-state index is 12.4. The number of amides is 1. The molecule has 0 saturated heterocycles. The van der Waals surface area contributed by atoms with Gasteiger partial charge in [-0.05, 0) is 13.0 Å². The molecular formula is C19H19N3O4. The number of rotatable bonds is 4. The molecule has 0 saturated carbocycles. The van der Waals surface area contributed by atoms with Gasteiger partial charge in [-0.25, -0.2) is 4.68 Å². The molecule has 1 unspecified atom stereocenters. The van der Waals surface area contributed by atoms with Crippen LogP contribution in [0.4, 0.5) is 5.82 Å². The molecule has 26 heavy (non-hydrogen) atoms. The monoisotopic (exact) mass is 353 g/mol. The molecule has 1 aromatic carbocycles. The first-order valence-electron chi connectivity index (χ1n) is 8.58. The topological polar surface area (TPSA) is 97.4 Å². The predicted octanol–water partition coefficient (Wildman–Crippen LogP) is 3.06. The number of aromatic nitrogens is 2. The molecule has 0 aliphatic carbocycles. The first-order valence-corrected chi connectivity index (χ1v) is 8.58. The van der Waals surface area contributed by atoms with Crippen molar-refractivity contribution in [3.05, 3.63) is 46.8 Å². The Morgan fingerprint density at radius 1 is 1.38 bits per heavy atom. The number of carbonyl (C=O) groups excluding carboxylic acids is 1. The number of carboxylic acids is 1. The van der Waals surface area contributed by atoms with Gasteiger partial charge in [-0.3, -0.25) is 9.59 Å². The van der Waals surface area contributed by atoms with Crippen LogP contribution >= 0.6 is 0 Å². The molecule has 1 aliphatic rings. The van der Waals surface area contributed by atoms with Crippen LogP contribution < -0.4 is 5.32 Å². The van der Waals surface area contributed by atoms with E-state index in [1.54, 1.807) is 0 Å². The minimum atomic E-state index is -1.00. The van der Waals surface area contributed by atoms with Gasteiger partial charge in [0.15, 0.2) is 0 Å². The summed E-state index contributed by atoms with van der Waals surface area (Å²) in [5.41, 5.74) is 3.38. The lowest BCUT2D eigenvalue weighted by atomic mass is 9.84. The van der Waals surface area contributed by atoms with E-state index in [9.17, 15) is 9.59 Å². The summed E-state index contributed by atoms with van der Waals surface area (Å²) in [5, 5.41) is 17.3. The van der Waals surface area contributed by atoms with E-state index >= 15 is 0 Å². The van der Waals surface area contributed by atoms with E-state index in [0.29, 0.717) is 12.2 Å². The zero-order valence-corrected chi connectivity index (χ0v) is 14.6. The molecule has 2 aromatic heterocycles. The van der Waals surface area contributed by atoms with E-state index in [1.807, 2.05) is 38.1 Å². The van der Waals surface area contributed by atoms with E-state index in [1.165, 1.54) is 4.68 Å². The second-order valence-corrected chi connectivity index (χ2v) is 6.49. The van der Waals surface area contributed by atoms with Gasteiger partial charge in [-0.2, -0.15) is 5.10 Å². The molecule has 0 bridgehead atoms. The summed E-state index contributed by atoms with van der Waals surface area (Å²) in [6.45, 7) is 3.57. The van der Waals surface area contributed by atoms with Crippen molar-refractivity contribution in [3.8, 4) is 0 Å². The Kier molecular flexibility index (Phi) is 3.79. The van der Waals surface area contributed by atoms with Crippen LogP contribution in [-0.2, 0) is 22.6 Å². The van der Waals surface area contributed by atoms with Crippen LogP contribution in [0.5, 0.6) is 0 Å². The third-order valence-corrected chi connectivity index (χ3v) is 4.83. The van der Waals surface area contributed by atoms with Crippen LogP contribution in [-0.4, -0.2) is 26.8 Å². The highest BCUT2D eigenvalue weighted by Gasteiger charge is 2.35. The van der Waals surface area contributed by atoms with Crippen molar-refractivity contribution in [2.24, 2.45) is 0 Å². The summed E-state index contributed by atoms with van der Waals surface area (Å²) in [4.78, 5) is 23.5. The van der Waals surface area contributed by atoms with Gasteiger partial charge >= 0.3 is 5.97 Å². The Labute approximate surface area is 149 Å². The van der Waals surface area contributed by atoms with Gasteiger partial charge < -0.3 is 14.8 Å². The van der Waals surface area contributed by atoms with Crippen LogP contribution in [0.25, 0.3) is 11.0 Å². The molecule has 3 aromatic rings. The lowest BCUT2D eigenvalue weighted by Gasteiger charge is -2.24. The number of hydrogen-bond acceptors (Lipinski definition) is 4. The minimum Gasteiger partial charge on any atom is -0.480 e. The van der Waals surface area contributed by atoms with Crippen LogP contribution in [0.2, 0.25) is 0 Å². The number of furan rings is 1. The lowest BCUT2D eigenvalue weighted by molar-refractivity contribution is -0.137. The molecule has 0 fully saturated rings. The number of carboxylic acid groups (broad SMARTS) is 1. The fourth-order valence-corrected chi connectivity index (χ4v) is 3.86. The van der Waals surface area contributed by atoms with Crippen molar-refractivity contribution >= 4 is 28.7 Å². The Hall–Kier alpha value is -3.09. The fraction of sp³-hybridized carbons (Fsp3) is 0.316. The van der Waals surface area contributed by atoms with Crippen LogP contribution in [0.3, 0.4) is 0 Å². The summed E-state index contributed by atoms with van der Waals surface area (Å²) in [6, 6.07) is 7.79. The van der Waals surface area contributed by atoms with Crippen molar-refractivity contribution < 1.29 is 19.1 Å². The zero-order chi connectivity index (χ0) is 18.4. The van der Waals surface area contributed by atoms with Gasteiger partial charge in [0, 0.05) is 35.3 Å². The van der Waals surface area contributed by atoms with Gasteiger partial charge in [0.2, 0.25) is 5.91 Å². The third kappa shape index (κ3) is 2.47. The lowest BCUT2D eigenvalue weighted by Crippen LogP contribution is -2.26. The average molecular weight is 353 g/mol. The Bertz CT molecular complexity index is 1030. The number of carbonyl (C=O) groups is 2. The molecule has 7 heteroatoms. The van der Waals surface area contributed by atoms with Crippen molar-refractivity contribution in [1.29, 1.82) is 0 Å². The Morgan fingerprint density at radius 2 is 2.15 bits per heavy atom. The largest absolute Gasteiger partial charge is 0.480 e. The highest BCUT2D eigenvalue weighted by molar-refractivity contribution is 5.96. The summed E-state index contributed by atoms with van der Waals surface area (Å²) in [5.74, 6) is -0.0448. The smallest absolute Gasteiger partial charge is 0.325 e. The summed E-state index contributed by atoms with van der Waals surface area (Å²) in [6.07, 6.45) is 0.989. The first kappa shape index (κ1) is 16.4. The molecule has 0 spiro atoms. The molecule has 1 amide bonds. The zero-order valence-electron chi connectivity index (χ0n) is 14.6. The molecular weight excluding hydrogens is 334 g/mol. The summed E-state index contributed by atoms with van der Waals surface area (Å²) >= 11 is 0. The predicted molar refractivity (Wildman–Crippen MR) is 95.3 cm³/mol. The molecule has 2 N–H and O–H groups in total. The highest BCUT2D eigenvalue weighted by atomic mass is 16.4. The molecule has 4 rings (SSSR count). The number of nitrogens with zero attached hydrogens (tertiary/aromatic N) is 2. The quantitative estimate of drug-likeness (QED) is 0.751. The number of benzene rings is 1. The Balaban J connectivity index is 1.94. The van der Waals surface area contributed by atoms with Gasteiger partial charge in [0.05, 0.1) is 5.69 Å². The van der Waals surface area contributed by atoms with Crippen molar-refractivity contribution in [2.45, 2.75) is 39.2 Å². The number of aliphatic carboxylic acids is 1. The van der Waals surface area contributed by atoms with Gasteiger partial charge in [0.1, 0.15) is 23.7 Å². The Morgan fingerprint density at radius 3 is 2.88 bits per heavy atom. The number of para-hydroxylation sites is 1. The second-order valence-electron chi connectivity index (χ2n) is 6.49. The first-order chi connectivity index (χ1) is 12.5. The molecule has 1 aliphatic heterocycles. The molecule has 7 nitrogen and oxygen atoms in total. The standard InChI is InChI=1S/C19H19N3O4/c1-3-13-18(11-6-4-5-7-14(11)26-13)12-8-15(23)20-19-17(12)10(2)21-22(19)9-16(24)25/h4-7,12H,3,8-9H2,1-2H3,(H,20,23)(H,24,25). The number of aryl methyl sites for hydroxylation is 2. The van der Waals surface area contributed by atoms with E-state index < -0.39 is 5.97 Å². The maximum absolute atomic E-state index is 12.4. The van der Waals surface area contributed by atoms with Crippen molar-refractivity contribution in [1.82, 2.24) is 9.78 Å². The number of hydrogen-bond donors (Lipinski definition) is 2. The van der Waals surface area contributed by atoms with E-state index in [0.717, 1.165) is 33.6 Å². The molecule has 134 valence electrons. The number of nitrogens with one attached hydrogen (secondary N) is 1. The van der Waals surface area contributed by atoms with Crippen molar-refractivity contribution in [3.63, 3.8) is 0 Å². The fourth-order valence-electron chi connectivity index (χ4n) is 3.86. The maximum Gasteiger partial charge on any atom is 0.325 e. The highest BCUT2D eigenvalue weighted by Crippen LogP contribution is 2.44. The number of anilines is 1. The normalized spacial score (nSPS) is 16.5. The molecule has 1 atom stereocenters.